The molecule has 0 bridgehead atoms. The molecule has 0 aromatic heterocycles. The number of carboxylic acids is 1. The van der Waals surface area contributed by atoms with Gasteiger partial charge in [0, 0.05) is 44.0 Å². The van der Waals surface area contributed by atoms with E-state index < -0.39 is 17.6 Å². The van der Waals surface area contributed by atoms with Crippen LogP contribution >= 0.6 is 0 Å². The number of carbonyl (C=O) groups is 3. The van der Waals surface area contributed by atoms with Crippen molar-refractivity contribution in [3.63, 3.8) is 0 Å². The minimum absolute atomic E-state index is 0.244. The summed E-state index contributed by atoms with van der Waals surface area (Å²) in [6, 6.07) is 21.7. The second kappa shape index (κ2) is 10.4. The maximum Gasteiger partial charge on any atom is 0.410 e. The van der Waals surface area contributed by atoms with Crippen LogP contribution in [0.25, 0.3) is 11.1 Å². The highest BCUT2D eigenvalue weighted by Crippen LogP contribution is 2.34. The first-order valence-corrected chi connectivity index (χ1v) is 13.2. The Morgan fingerprint density at radius 2 is 1.51 bits per heavy atom. The Kier molecular flexibility index (Phi) is 7.04. The van der Waals surface area contributed by atoms with Crippen molar-refractivity contribution in [3.05, 3.63) is 89.5 Å². The number of ether oxygens (including phenoxy) is 1. The Bertz CT molecular complexity index is 1370. The van der Waals surface area contributed by atoms with Crippen LogP contribution < -0.4 is 4.90 Å². The number of hydrogen-bond donors (Lipinski definition) is 1. The molecule has 1 fully saturated rings. The first-order valence-electron chi connectivity index (χ1n) is 13.2. The van der Waals surface area contributed by atoms with E-state index in [2.05, 4.69) is 29.2 Å². The third kappa shape index (κ3) is 5.60. The van der Waals surface area contributed by atoms with E-state index in [9.17, 15) is 19.5 Å². The smallest absolute Gasteiger partial charge is 0.410 e. The lowest BCUT2D eigenvalue weighted by Crippen LogP contribution is -2.50. The lowest BCUT2D eigenvalue weighted by atomic mass is 10.00. The van der Waals surface area contributed by atoms with Gasteiger partial charge in [0.05, 0.1) is 0 Å². The first-order chi connectivity index (χ1) is 18.6. The molecule has 2 heterocycles. The molecule has 0 spiro atoms. The molecule has 2 aliphatic heterocycles. The molecule has 1 unspecified atom stereocenters. The van der Waals surface area contributed by atoms with Gasteiger partial charge in [0.15, 0.2) is 6.04 Å². The fourth-order valence-corrected chi connectivity index (χ4v) is 5.16. The predicted octanol–water partition coefficient (Wildman–Crippen LogP) is 5.19. The van der Waals surface area contributed by atoms with Crippen LogP contribution in [0.3, 0.4) is 0 Å². The minimum Gasteiger partial charge on any atom is -0.479 e. The Morgan fingerprint density at radius 3 is 2.13 bits per heavy atom. The summed E-state index contributed by atoms with van der Waals surface area (Å²) < 4.78 is 5.49. The number of rotatable bonds is 5. The molecule has 39 heavy (non-hydrogen) atoms. The molecule has 0 aliphatic carbocycles. The summed E-state index contributed by atoms with van der Waals surface area (Å²) in [5.74, 6) is -1.32. The summed E-state index contributed by atoms with van der Waals surface area (Å²) in [4.78, 5) is 43.0. The molecule has 0 saturated carbocycles. The fourth-order valence-electron chi connectivity index (χ4n) is 5.16. The van der Waals surface area contributed by atoms with Crippen molar-refractivity contribution in [1.82, 2.24) is 9.80 Å². The van der Waals surface area contributed by atoms with E-state index in [1.807, 2.05) is 39.0 Å². The second-order valence-corrected chi connectivity index (χ2v) is 11.0. The van der Waals surface area contributed by atoms with Gasteiger partial charge >= 0.3 is 12.1 Å². The van der Waals surface area contributed by atoms with E-state index >= 15 is 0 Å². The van der Waals surface area contributed by atoms with Crippen molar-refractivity contribution < 1.29 is 24.2 Å². The highest BCUT2D eigenvalue weighted by atomic mass is 16.6. The molecule has 1 atom stereocenters. The molecule has 0 radical (unpaired) electrons. The fraction of sp³-hybridized carbons (Fsp3) is 0.323. The SMILES string of the molecule is CC(C)(C)OC(=O)N1CCN(c2ccc(-c3ccc4c(c3)CN(C(C(=O)O)c3ccccc3)C4=O)cc2)CC1. The number of fused-ring (bicyclic) bond motifs is 1. The van der Waals surface area contributed by atoms with Gasteiger partial charge in [0.2, 0.25) is 0 Å². The van der Waals surface area contributed by atoms with Crippen molar-refractivity contribution in [1.29, 1.82) is 0 Å². The number of carboxylic acid groups (broad SMARTS) is 1. The maximum absolute atomic E-state index is 13.1. The third-order valence-electron chi connectivity index (χ3n) is 7.10. The molecule has 5 rings (SSSR count). The van der Waals surface area contributed by atoms with Crippen LogP contribution in [0.15, 0.2) is 72.8 Å². The van der Waals surface area contributed by atoms with Gasteiger partial charge in [-0.3, -0.25) is 4.79 Å². The summed E-state index contributed by atoms with van der Waals surface area (Å²) in [5, 5.41) is 9.91. The van der Waals surface area contributed by atoms with Gasteiger partial charge in [-0.25, -0.2) is 9.59 Å². The monoisotopic (exact) mass is 527 g/mol. The van der Waals surface area contributed by atoms with Gasteiger partial charge in [-0.15, -0.1) is 0 Å². The number of hydrogen-bond acceptors (Lipinski definition) is 5. The van der Waals surface area contributed by atoms with Crippen molar-refractivity contribution in [2.45, 2.75) is 39.0 Å². The van der Waals surface area contributed by atoms with Crippen molar-refractivity contribution >= 4 is 23.7 Å². The zero-order valence-electron chi connectivity index (χ0n) is 22.5. The normalized spacial score (nSPS) is 16.2. The summed E-state index contributed by atoms with van der Waals surface area (Å²) in [6.07, 6.45) is -0.274. The molecular formula is C31H33N3O5. The zero-order chi connectivity index (χ0) is 27.7. The molecule has 8 heteroatoms. The highest BCUT2D eigenvalue weighted by Gasteiger charge is 2.37. The molecule has 1 saturated heterocycles. The summed E-state index contributed by atoms with van der Waals surface area (Å²) in [5.41, 5.74) is 4.50. The summed E-state index contributed by atoms with van der Waals surface area (Å²) in [7, 11) is 0. The van der Waals surface area contributed by atoms with E-state index in [1.165, 1.54) is 4.90 Å². The largest absolute Gasteiger partial charge is 0.479 e. The standard InChI is InChI=1S/C31H33N3O5/c1-31(2,3)39-30(38)33-17-15-32(16-18-33)25-12-9-21(10-13-25)23-11-14-26-24(19-23)20-34(28(26)35)27(29(36)37)22-7-5-4-6-8-22/h4-14,19,27H,15-18,20H2,1-3H3,(H,36,37). The van der Waals surface area contributed by atoms with Gasteiger partial charge in [-0.2, -0.15) is 0 Å². The van der Waals surface area contributed by atoms with Crippen LogP contribution in [0.5, 0.6) is 0 Å². The van der Waals surface area contributed by atoms with Crippen LogP contribution in [0, 0.1) is 0 Å². The first kappa shape index (κ1) is 26.3. The predicted molar refractivity (Wildman–Crippen MR) is 149 cm³/mol. The number of benzene rings is 3. The minimum atomic E-state index is -1.05. The van der Waals surface area contributed by atoms with E-state index in [1.54, 1.807) is 35.2 Å². The van der Waals surface area contributed by atoms with Crippen molar-refractivity contribution in [2.75, 3.05) is 31.1 Å². The molecule has 202 valence electrons. The topological polar surface area (TPSA) is 90.4 Å². The van der Waals surface area contributed by atoms with Gasteiger partial charge in [0.25, 0.3) is 5.91 Å². The van der Waals surface area contributed by atoms with Gasteiger partial charge in [-0.1, -0.05) is 48.5 Å². The number of amides is 2. The van der Waals surface area contributed by atoms with Gasteiger partial charge in [0.1, 0.15) is 5.60 Å². The molecule has 3 aromatic rings. The number of nitrogens with zero attached hydrogens (tertiary/aromatic N) is 3. The third-order valence-corrected chi connectivity index (χ3v) is 7.10. The number of aliphatic carboxylic acids is 1. The average Bonchev–Trinajstić information content (AvgIpc) is 3.23. The molecule has 1 N–H and O–H groups in total. The average molecular weight is 528 g/mol. The Morgan fingerprint density at radius 1 is 0.872 bits per heavy atom. The van der Waals surface area contributed by atoms with Crippen LogP contribution in [0.4, 0.5) is 10.5 Å². The molecule has 2 aliphatic rings. The van der Waals surface area contributed by atoms with E-state index in [0.29, 0.717) is 24.2 Å². The second-order valence-electron chi connectivity index (χ2n) is 11.0. The number of piperazine rings is 1. The summed E-state index contributed by atoms with van der Waals surface area (Å²) in [6.45, 7) is 8.51. The molecular weight excluding hydrogens is 494 g/mol. The molecule has 2 amide bonds. The number of anilines is 1. The zero-order valence-corrected chi connectivity index (χ0v) is 22.5. The highest BCUT2D eigenvalue weighted by molar-refractivity contribution is 6.01. The summed E-state index contributed by atoms with van der Waals surface area (Å²) >= 11 is 0. The van der Waals surface area contributed by atoms with Crippen LogP contribution in [-0.2, 0) is 16.1 Å². The van der Waals surface area contributed by atoms with Crippen LogP contribution in [0.1, 0.15) is 48.3 Å². The van der Waals surface area contributed by atoms with Gasteiger partial charge < -0.3 is 24.5 Å². The Balaban J connectivity index is 1.27. The number of carbonyl (C=O) groups excluding carboxylic acids is 2. The molecule has 8 nitrogen and oxygen atoms in total. The van der Waals surface area contributed by atoms with E-state index in [4.69, 9.17) is 4.74 Å². The van der Waals surface area contributed by atoms with Crippen LogP contribution in [0.2, 0.25) is 0 Å². The van der Waals surface area contributed by atoms with E-state index in [0.717, 1.165) is 35.5 Å². The lowest BCUT2D eigenvalue weighted by Gasteiger charge is -2.36. The lowest BCUT2D eigenvalue weighted by molar-refractivity contribution is -0.142. The van der Waals surface area contributed by atoms with E-state index in [-0.39, 0.29) is 18.5 Å². The van der Waals surface area contributed by atoms with Gasteiger partial charge in [-0.05, 0) is 67.3 Å². The van der Waals surface area contributed by atoms with Crippen LogP contribution in [-0.4, -0.2) is 64.7 Å². The quantitative estimate of drug-likeness (QED) is 0.491. The van der Waals surface area contributed by atoms with Crippen molar-refractivity contribution in [3.8, 4) is 11.1 Å². The van der Waals surface area contributed by atoms with Crippen molar-refractivity contribution in [2.24, 2.45) is 0 Å². The Hall–Kier alpha value is -4.33. The Labute approximate surface area is 228 Å². The maximum atomic E-state index is 13.1. The molecule has 3 aromatic carbocycles.